The lowest BCUT2D eigenvalue weighted by atomic mass is 9.57. The van der Waals surface area contributed by atoms with Gasteiger partial charge in [0.2, 0.25) is 0 Å². The molecular formula is C23H25NO5. The summed E-state index contributed by atoms with van der Waals surface area (Å²) in [5.74, 6) is -3.51. The fourth-order valence-corrected chi connectivity index (χ4v) is 5.34. The lowest BCUT2D eigenvalue weighted by Crippen LogP contribution is -2.47. The van der Waals surface area contributed by atoms with Gasteiger partial charge in [0.25, 0.3) is 0 Å². The number of allylic oxidation sites excluding steroid dienone is 1. The first-order valence-electron chi connectivity index (χ1n) is 10.1. The largest absolute Gasteiger partial charge is 0.508 e. The Balaban J connectivity index is 1.94. The zero-order chi connectivity index (χ0) is 20.8. The first-order chi connectivity index (χ1) is 13.9. The van der Waals surface area contributed by atoms with Crippen LogP contribution in [-0.4, -0.2) is 32.2 Å². The molecule has 0 spiro atoms. The fraction of sp³-hybridized carbons (Fsp3) is 0.391. The number of carboxylic acids is 2. The number of aliphatic carboxylic acids is 2. The van der Waals surface area contributed by atoms with Crippen LogP contribution in [-0.2, 0) is 9.59 Å². The van der Waals surface area contributed by atoms with Gasteiger partial charge in [0.05, 0.1) is 11.0 Å². The average Bonchev–Trinajstić information content (AvgIpc) is 3.13. The number of aromatic nitrogens is 1. The topological polar surface area (TPSA) is 111 Å². The smallest absolute Gasteiger partial charge is 0.332 e. The van der Waals surface area contributed by atoms with E-state index < -0.39 is 23.3 Å². The molecule has 2 aliphatic carbocycles. The Kier molecular flexibility index (Phi) is 4.73. The van der Waals surface area contributed by atoms with Gasteiger partial charge in [0.15, 0.2) is 0 Å². The highest BCUT2D eigenvalue weighted by molar-refractivity contribution is 6.07. The van der Waals surface area contributed by atoms with Gasteiger partial charge >= 0.3 is 11.9 Å². The molecule has 2 unspecified atom stereocenters. The number of hydrogen-bond donors (Lipinski definition) is 4. The molecule has 0 radical (unpaired) electrons. The fourth-order valence-electron chi connectivity index (χ4n) is 5.34. The minimum absolute atomic E-state index is 0.0391. The number of carbonyl (C=O) groups is 2. The summed E-state index contributed by atoms with van der Waals surface area (Å²) >= 11 is 0. The number of carboxylic acid groups (broad SMARTS) is 2. The van der Waals surface area contributed by atoms with E-state index in [1.54, 1.807) is 13.1 Å². The summed E-state index contributed by atoms with van der Waals surface area (Å²) in [5.41, 5.74) is 0.134. The van der Waals surface area contributed by atoms with Crippen molar-refractivity contribution in [2.45, 2.75) is 39.0 Å². The molecule has 1 heterocycles. The Morgan fingerprint density at radius 1 is 1.10 bits per heavy atom. The third kappa shape index (κ3) is 2.85. The third-order valence-corrected chi connectivity index (χ3v) is 6.79. The summed E-state index contributed by atoms with van der Waals surface area (Å²) in [5, 5.41) is 32.1. The van der Waals surface area contributed by atoms with Crippen LogP contribution < -0.4 is 0 Å². The van der Waals surface area contributed by atoms with Gasteiger partial charge < -0.3 is 20.3 Å². The van der Waals surface area contributed by atoms with Crippen LogP contribution in [0.3, 0.4) is 0 Å². The molecule has 2 atom stereocenters. The number of benzene rings is 1. The van der Waals surface area contributed by atoms with E-state index in [-0.39, 0.29) is 22.8 Å². The molecular weight excluding hydrogens is 370 g/mol. The highest BCUT2D eigenvalue weighted by Gasteiger charge is 2.54. The minimum atomic E-state index is -1.42. The quantitative estimate of drug-likeness (QED) is 0.597. The van der Waals surface area contributed by atoms with E-state index in [2.05, 4.69) is 4.98 Å². The molecule has 0 amide bonds. The number of rotatable bonds is 4. The number of nitrogens with one attached hydrogen (secondary N) is 1. The molecule has 4 N–H and O–H groups in total. The molecule has 0 saturated heterocycles. The zero-order valence-corrected chi connectivity index (χ0v) is 16.3. The molecule has 0 aliphatic heterocycles. The van der Waals surface area contributed by atoms with Crippen LogP contribution in [0.15, 0.2) is 47.9 Å². The molecule has 4 rings (SSSR count). The Morgan fingerprint density at radius 3 is 2.45 bits per heavy atom. The Morgan fingerprint density at radius 2 is 1.79 bits per heavy atom. The van der Waals surface area contributed by atoms with Gasteiger partial charge in [-0.1, -0.05) is 44.4 Å². The molecule has 6 nitrogen and oxygen atoms in total. The molecule has 1 aromatic heterocycles. The van der Waals surface area contributed by atoms with Crippen molar-refractivity contribution in [3.05, 3.63) is 53.4 Å². The Bertz CT molecular complexity index is 1040. The molecule has 1 saturated carbocycles. The van der Waals surface area contributed by atoms with Crippen molar-refractivity contribution in [1.82, 2.24) is 4.98 Å². The van der Waals surface area contributed by atoms with Crippen LogP contribution in [0.2, 0.25) is 0 Å². The number of para-hydroxylation sites is 1. The molecule has 2 aliphatic rings. The van der Waals surface area contributed by atoms with Gasteiger partial charge in [-0.05, 0) is 30.9 Å². The second kappa shape index (κ2) is 7.10. The second-order valence-electron chi connectivity index (χ2n) is 8.17. The first-order valence-corrected chi connectivity index (χ1v) is 10.1. The number of H-pyrrole nitrogens is 1. The Hall–Kier alpha value is -3.02. The maximum absolute atomic E-state index is 12.5. The number of aliphatic hydroxyl groups excluding tert-OH is 1. The summed E-state index contributed by atoms with van der Waals surface area (Å²) in [6.45, 7) is 1.67. The van der Waals surface area contributed by atoms with Crippen LogP contribution in [0.5, 0.6) is 0 Å². The van der Waals surface area contributed by atoms with Gasteiger partial charge in [-0.15, -0.1) is 0 Å². The number of fused-ring (bicyclic) bond motifs is 1. The number of aliphatic hydroxyl groups is 1. The van der Waals surface area contributed by atoms with Crippen LogP contribution >= 0.6 is 0 Å². The predicted molar refractivity (Wildman–Crippen MR) is 109 cm³/mol. The van der Waals surface area contributed by atoms with E-state index in [4.69, 9.17) is 0 Å². The van der Waals surface area contributed by atoms with Crippen molar-refractivity contribution in [2.24, 2.45) is 17.3 Å². The lowest BCUT2D eigenvalue weighted by molar-refractivity contribution is -0.153. The molecule has 152 valence electrons. The second-order valence-corrected chi connectivity index (χ2v) is 8.17. The van der Waals surface area contributed by atoms with E-state index in [1.165, 1.54) is 6.08 Å². The monoisotopic (exact) mass is 395 g/mol. The van der Waals surface area contributed by atoms with Crippen molar-refractivity contribution in [3.63, 3.8) is 0 Å². The van der Waals surface area contributed by atoms with Crippen molar-refractivity contribution < 1.29 is 24.9 Å². The van der Waals surface area contributed by atoms with E-state index in [0.717, 1.165) is 43.0 Å². The maximum Gasteiger partial charge on any atom is 0.332 e. The molecule has 6 heteroatoms. The molecule has 2 aromatic rings. The van der Waals surface area contributed by atoms with Gasteiger partial charge in [0, 0.05) is 34.2 Å². The van der Waals surface area contributed by atoms with Gasteiger partial charge in [0.1, 0.15) is 5.76 Å². The Labute approximate surface area is 168 Å². The summed E-state index contributed by atoms with van der Waals surface area (Å²) in [6.07, 6.45) is 7.42. The standard InChI is InChI=1S/C23H25NO5/c1-13-19(21(26)27)20(16-12-24-17-10-6-5-9-15(16)17)18(25)11-23(13,22(28)29)14-7-3-2-4-8-14/h5-6,9-14,24-25H,2-4,7-8H2,1H3,(H,26,27)(H,28,29). The van der Waals surface area contributed by atoms with Gasteiger partial charge in [-0.25, -0.2) is 4.79 Å². The third-order valence-electron chi connectivity index (χ3n) is 6.79. The molecule has 0 bridgehead atoms. The zero-order valence-electron chi connectivity index (χ0n) is 16.3. The SMILES string of the molecule is CC1C(C(=O)O)=C(c2c[nH]c3ccccc23)C(O)=CC1(C(=O)O)C1CCCCC1. The highest BCUT2D eigenvalue weighted by Crippen LogP contribution is 2.53. The minimum Gasteiger partial charge on any atom is -0.508 e. The normalized spacial score (nSPS) is 25.8. The van der Waals surface area contributed by atoms with Gasteiger partial charge in [-0.3, -0.25) is 4.79 Å². The van der Waals surface area contributed by atoms with Crippen LogP contribution in [0.4, 0.5) is 0 Å². The highest BCUT2D eigenvalue weighted by atomic mass is 16.4. The van der Waals surface area contributed by atoms with E-state index in [9.17, 15) is 24.9 Å². The summed E-state index contributed by atoms with van der Waals surface area (Å²) in [7, 11) is 0. The van der Waals surface area contributed by atoms with Crippen molar-refractivity contribution in [1.29, 1.82) is 0 Å². The molecule has 1 fully saturated rings. The molecule has 1 aromatic carbocycles. The van der Waals surface area contributed by atoms with Crippen molar-refractivity contribution in [3.8, 4) is 0 Å². The molecule has 29 heavy (non-hydrogen) atoms. The van der Waals surface area contributed by atoms with Crippen LogP contribution in [0, 0.1) is 17.3 Å². The average molecular weight is 395 g/mol. The summed E-state index contributed by atoms with van der Waals surface area (Å²) < 4.78 is 0. The van der Waals surface area contributed by atoms with Gasteiger partial charge in [-0.2, -0.15) is 0 Å². The van der Waals surface area contributed by atoms with E-state index >= 15 is 0 Å². The lowest BCUT2D eigenvalue weighted by Gasteiger charge is -2.44. The van der Waals surface area contributed by atoms with Crippen molar-refractivity contribution >= 4 is 28.4 Å². The number of aromatic amines is 1. The van der Waals surface area contributed by atoms with E-state index in [0.29, 0.717) is 5.56 Å². The number of hydrogen-bond acceptors (Lipinski definition) is 3. The predicted octanol–water partition coefficient (Wildman–Crippen LogP) is 4.75. The summed E-state index contributed by atoms with van der Waals surface area (Å²) in [6, 6.07) is 7.44. The van der Waals surface area contributed by atoms with Crippen molar-refractivity contribution in [2.75, 3.05) is 0 Å². The summed E-state index contributed by atoms with van der Waals surface area (Å²) in [4.78, 5) is 28.0. The van der Waals surface area contributed by atoms with Crippen LogP contribution in [0.25, 0.3) is 16.5 Å². The first kappa shape index (κ1) is 19.3. The van der Waals surface area contributed by atoms with Crippen LogP contribution in [0.1, 0.15) is 44.6 Å². The van der Waals surface area contributed by atoms with E-state index in [1.807, 2.05) is 24.3 Å². The maximum atomic E-state index is 12.5.